The van der Waals surface area contributed by atoms with Gasteiger partial charge in [-0.2, -0.15) is 0 Å². The van der Waals surface area contributed by atoms with Crippen molar-refractivity contribution in [3.05, 3.63) is 65.7 Å². The van der Waals surface area contributed by atoms with Gasteiger partial charge in [0.2, 0.25) is 5.91 Å². The molecule has 102 valence electrons. The van der Waals surface area contributed by atoms with Crippen molar-refractivity contribution in [1.29, 1.82) is 0 Å². The number of carbonyl (C=O) groups excluding carboxylic acids is 1. The molecule has 0 fully saturated rings. The molecule has 0 aromatic heterocycles. The summed E-state index contributed by atoms with van der Waals surface area (Å²) in [7, 11) is 0. The minimum Gasteiger partial charge on any atom is -0.392 e. The Hall–Kier alpha value is -2.20. The molecule has 20 heavy (non-hydrogen) atoms. The molecule has 4 heteroatoms. The predicted octanol–water partition coefficient (Wildman–Crippen LogP) is 3.00. The van der Waals surface area contributed by atoms with Gasteiger partial charge >= 0.3 is 0 Å². The minimum atomic E-state index is -0.618. The van der Waals surface area contributed by atoms with Crippen LogP contribution in [0.15, 0.2) is 54.6 Å². The zero-order valence-electron chi connectivity index (χ0n) is 11.2. The van der Waals surface area contributed by atoms with Crippen LogP contribution in [0.5, 0.6) is 0 Å². The summed E-state index contributed by atoms with van der Waals surface area (Å²) < 4.78 is 0. The van der Waals surface area contributed by atoms with Crippen molar-refractivity contribution in [3.63, 3.8) is 0 Å². The number of hydrogen-bond acceptors (Lipinski definition) is 2. The number of rotatable bonds is 4. The fraction of sp³-hybridized carbons (Fsp3) is 0.125. The third kappa shape index (κ3) is 3.42. The predicted molar refractivity (Wildman–Crippen MR) is 85.8 cm³/mol. The van der Waals surface area contributed by atoms with E-state index in [2.05, 4.69) is 5.32 Å². The lowest BCUT2D eigenvalue weighted by Crippen LogP contribution is -2.31. The topological polar surface area (TPSA) is 55.1 Å². The van der Waals surface area contributed by atoms with Gasteiger partial charge < -0.3 is 11.1 Å². The van der Waals surface area contributed by atoms with E-state index in [0.29, 0.717) is 0 Å². The molecule has 1 unspecified atom stereocenters. The molecular formula is C16H16N2OS. The summed E-state index contributed by atoms with van der Waals surface area (Å²) in [5.41, 5.74) is 8.38. The molecule has 0 heterocycles. The second-order valence-electron chi connectivity index (χ2n) is 4.60. The molecular weight excluding hydrogens is 268 g/mol. The number of carbonyl (C=O) groups is 1. The van der Waals surface area contributed by atoms with Gasteiger partial charge in [0.1, 0.15) is 5.92 Å². The van der Waals surface area contributed by atoms with E-state index in [4.69, 9.17) is 18.0 Å². The zero-order chi connectivity index (χ0) is 14.5. The second-order valence-corrected chi connectivity index (χ2v) is 5.07. The van der Waals surface area contributed by atoms with Crippen molar-refractivity contribution < 1.29 is 4.79 Å². The fourth-order valence-corrected chi connectivity index (χ4v) is 2.18. The molecule has 0 aliphatic carbocycles. The molecule has 0 aliphatic heterocycles. The molecule has 0 bridgehead atoms. The van der Waals surface area contributed by atoms with Crippen molar-refractivity contribution in [1.82, 2.24) is 0 Å². The van der Waals surface area contributed by atoms with Gasteiger partial charge in [0.05, 0.1) is 4.99 Å². The van der Waals surface area contributed by atoms with Crippen LogP contribution in [-0.2, 0) is 4.79 Å². The molecule has 3 N–H and O–H groups in total. The molecule has 0 radical (unpaired) electrons. The number of anilines is 1. The Kier molecular flexibility index (Phi) is 4.48. The van der Waals surface area contributed by atoms with Crippen molar-refractivity contribution in [3.8, 4) is 0 Å². The highest BCUT2D eigenvalue weighted by Gasteiger charge is 2.23. The summed E-state index contributed by atoms with van der Waals surface area (Å²) >= 11 is 5.03. The van der Waals surface area contributed by atoms with E-state index in [0.717, 1.165) is 16.8 Å². The summed E-state index contributed by atoms with van der Waals surface area (Å²) in [5, 5.41) is 2.84. The number of benzene rings is 2. The van der Waals surface area contributed by atoms with Gasteiger partial charge in [0.25, 0.3) is 0 Å². The maximum atomic E-state index is 12.4. The van der Waals surface area contributed by atoms with Crippen molar-refractivity contribution in [2.75, 3.05) is 5.32 Å². The molecule has 1 amide bonds. The summed E-state index contributed by atoms with van der Waals surface area (Å²) in [6, 6.07) is 16.9. The molecule has 2 aromatic rings. The zero-order valence-corrected chi connectivity index (χ0v) is 12.0. The van der Waals surface area contributed by atoms with Gasteiger partial charge in [0, 0.05) is 5.69 Å². The Balaban J connectivity index is 2.20. The van der Waals surface area contributed by atoms with Crippen LogP contribution in [0.1, 0.15) is 17.0 Å². The Morgan fingerprint density at radius 1 is 1.10 bits per heavy atom. The molecule has 0 saturated heterocycles. The molecule has 0 saturated carbocycles. The summed E-state index contributed by atoms with van der Waals surface area (Å²) in [5.74, 6) is -0.833. The van der Waals surface area contributed by atoms with Crippen LogP contribution in [0, 0.1) is 6.92 Å². The summed E-state index contributed by atoms with van der Waals surface area (Å²) in [4.78, 5) is 12.5. The molecule has 3 nitrogen and oxygen atoms in total. The Labute approximate surface area is 123 Å². The SMILES string of the molecule is Cc1ccc(NC(=O)C(C(N)=S)c2ccccc2)cc1. The third-order valence-electron chi connectivity index (χ3n) is 3.00. The number of thiocarbonyl (C=S) groups is 1. The molecule has 0 spiro atoms. The Morgan fingerprint density at radius 3 is 2.25 bits per heavy atom. The second kappa shape index (κ2) is 6.30. The van der Waals surface area contributed by atoms with E-state index in [9.17, 15) is 4.79 Å². The molecule has 2 rings (SSSR count). The smallest absolute Gasteiger partial charge is 0.238 e. The minimum absolute atomic E-state index is 0.167. The highest BCUT2D eigenvalue weighted by Crippen LogP contribution is 2.19. The standard InChI is InChI=1S/C16H16N2OS/c1-11-7-9-13(10-8-11)18-16(19)14(15(17)20)12-5-3-2-4-6-12/h2-10,14H,1H3,(H2,17,20)(H,18,19). The third-order valence-corrected chi connectivity index (χ3v) is 3.23. The van der Waals surface area contributed by atoms with Gasteiger partial charge in [-0.1, -0.05) is 60.2 Å². The lowest BCUT2D eigenvalue weighted by atomic mass is 9.98. The summed E-state index contributed by atoms with van der Waals surface area (Å²) in [6.45, 7) is 1.99. The van der Waals surface area contributed by atoms with Gasteiger partial charge in [-0.25, -0.2) is 0 Å². The van der Waals surface area contributed by atoms with Gasteiger partial charge in [0.15, 0.2) is 0 Å². The average molecular weight is 284 g/mol. The maximum Gasteiger partial charge on any atom is 0.238 e. The van der Waals surface area contributed by atoms with Crippen LogP contribution in [0.3, 0.4) is 0 Å². The number of hydrogen-bond donors (Lipinski definition) is 2. The lowest BCUT2D eigenvalue weighted by molar-refractivity contribution is -0.116. The van der Waals surface area contributed by atoms with Crippen molar-refractivity contribution in [2.45, 2.75) is 12.8 Å². The number of nitrogens with two attached hydrogens (primary N) is 1. The van der Waals surface area contributed by atoms with E-state index in [1.807, 2.05) is 61.5 Å². The van der Waals surface area contributed by atoms with E-state index in [1.165, 1.54) is 0 Å². The quantitative estimate of drug-likeness (QED) is 0.849. The van der Waals surface area contributed by atoms with E-state index in [1.54, 1.807) is 0 Å². The Bertz CT molecular complexity index is 608. The maximum absolute atomic E-state index is 12.4. The van der Waals surface area contributed by atoms with Crippen LogP contribution >= 0.6 is 12.2 Å². The highest BCUT2D eigenvalue weighted by molar-refractivity contribution is 7.80. The van der Waals surface area contributed by atoms with Gasteiger partial charge in [-0.15, -0.1) is 0 Å². The lowest BCUT2D eigenvalue weighted by Gasteiger charge is -2.16. The van der Waals surface area contributed by atoms with E-state index in [-0.39, 0.29) is 10.9 Å². The summed E-state index contributed by atoms with van der Waals surface area (Å²) in [6.07, 6.45) is 0. The normalized spacial score (nSPS) is 11.7. The first kappa shape index (κ1) is 14.2. The average Bonchev–Trinajstić information content (AvgIpc) is 2.42. The van der Waals surface area contributed by atoms with E-state index < -0.39 is 5.92 Å². The Morgan fingerprint density at radius 2 is 1.70 bits per heavy atom. The number of aryl methyl sites for hydroxylation is 1. The first-order valence-corrected chi connectivity index (χ1v) is 6.70. The molecule has 1 atom stereocenters. The molecule has 0 aliphatic rings. The van der Waals surface area contributed by atoms with Crippen LogP contribution in [0.2, 0.25) is 0 Å². The van der Waals surface area contributed by atoms with Crippen molar-refractivity contribution >= 4 is 28.8 Å². The van der Waals surface area contributed by atoms with E-state index >= 15 is 0 Å². The largest absolute Gasteiger partial charge is 0.392 e. The fourth-order valence-electron chi connectivity index (χ4n) is 1.94. The van der Waals surface area contributed by atoms with Gasteiger partial charge in [-0.3, -0.25) is 4.79 Å². The number of amides is 1. The van der Waals surface area contributed by atoms with Crippen molar-refractivity contribution in [2.24, 2.45) is 5.73 Å². The monoisotopic (exact) mass is 284 g/mol. The first-order valence-electron chi connectivity index (χ1n) is 6.29. The molecule has 2 aromatic carbocycles. The highest BCUT2D eigenvalue weighted by atomic mass is 32.1. The van der Waals surface area contributed by atoms with Crippen LogP contribution in [0.4, 0.5) is 5.69 Å². The number of nitrogens with one attached hydrogen (secondary N) is 1. The van der Waals surface area contributed by atoms with Gasteiger partial charge in [-0.05, 0) is 24.6 Å². The first-order chi connectivity index (χ1) is 9.58. The van der Waals surface area contributed by atoms with Crippen LogP contribution in [0.25, 0.3) is 0 Å². The van der Waals surface area contributed by atoms with Crippen LogP contribution < -0.4 is 11.1 Å². The van der Waals surface area contributed by atoms with Crippen LogP contribution in [-0.4, -0.2) is 10.9 Å².